The van der Waals surface area contributed by atoms with E-state index in [1.807, 2.05) is 6.92 Å². The van der Waals surface area contributed by atoms with Crippen molar-refractivity contribution in [1.29, 1.82) is 0 Å². The molecule has 10 heteroatoms. The maximum absolute atomic E-state index is 12.2. The highest BCUT2D eigenvalue weighted by Gasteiger charge is 2.55. The van der Waals surface area contributed by atoms with Crippen LogP contribution in [0.5, 0.6) is 0 Å². The van der Waals surface area contributed by atoms with Crippen molar-refractivity contribution in [3.05, 3.63) is 25.3 Å². The Morgan fingerprint density at radius 3 is 1.79 bits per heavy atom. The van der Waals surface area contributed by atoms with Gasteiger partial charge in [0.15, 0.2) is 0 Å². The van der Waals surface area contributed by atoms with Gasteiger partial charge in [-0.1, -0.05) is 32.9 Å². The van der Waals surface area contributed by atoms with Crippen LogP contribution in [0.4, 0.5) is 0 Å². The smallest absolute Gasteiger partial charge is 0.330 e. The highest BCUT2D eigenvalue weighted by molar-refractivity contribution is 7.86. The van der Waals surface area contributed by atoms with Gasteiger partial charge in [0.2, 0.25) is 5.44 Å². The van der Waals surface area contributed by atoms with Crippen LogP contribution in [0.25, 0.3) is 0 Å². The molecule has 0 saturated heterocycles. The minimum atomic E-state index is -5.00. The molecule has 0 heterocycles. The van der Waals surface area contributed by atoms with Crippen molar-refractivity contribution >= 4 is 28.0 Å². The topological polar surface area (TPSA) is 133 Å². The van der Waals surface area contributed by atoms with Crippen molar-refractivity contribution in [2.24, 2.45) is 5.41 Å². The lowest BCUT2D eigenvalue weighted by molar-refractivity contribution is -0.180. The molecule has 0 aliphatic rings. The van der Waals surface area contributed by atoms with E-state index in [0.29, 0.717) is 6.42 Å². The van der Waals surface area contributed by atoms with Crippen LogP contribution in [0.3, 0.4) is 0 Å². The summed E-state index contributed by atoms with van der Waals surface area (Å²) in [4.78, 5) is 35.5. The third kappa shape index (κ3) is 7.98. The van der Waals surface area contributed by atoms with Crippen molar-refractivity contribution in [1.82, 2.24) is 0 Å². The molecule has 9 nitrogen and oxygen atoms in total. The Labute approximate surface area is 171 Å². The second-order valence-corrected chi connectivity index (χ2v) is 8.18. The minimum Gasteiger partial charge on any atom is -0.459 e. The Kier molecular flexibility index (Phi) is 10.8. The standard InChI is InChI=1S/C19H30O9S/c1-7-10-11-12-17(22)28-18(29(23,24)25)19(6,13(4)26-15(20)8-2)14(5)27-16(21)9-3/h8-9,13-14,18H,2-3,7,10-12H2,1,4-6H3,(H,23,24,25). The fraction of sp³-hybridized carbons (Fsp3) is 0.632. The number of hydrogen-bond donors (Lipinski definition) is 1. The van der Waals surface area contributed by atoms with E-state index < -0.39 is 51.1 Å². The molecule has 0 aliphatic carbocycles. The predicted octanol–water partition coefficient (Wildman–Crippen LogP) is 2.57. The number of ether oxygens (including phenoxy) is 3. The maximum atomic E-state index is 12.2. The molecule has 0 amide bonds. The molecule has 1 N–H and O–H groups in total. The Bertz CT molecular complexity index is 683. The zero-order valence-corrected chi connectivity index (χ0v) is 18.1. The van der Waals surface area contributed by atoms with E-state index in [1.54, 1.807) is 0 Å². The van der Waals surface area contributed by atoms with Gasteiger partial charge < -0.3 is 14.2 Å². The van der Waals surface area contributed by atoms with Gasteiger partial charge in [0, 0.05) is 18.6 Å². The summed E-state index contributed by atoms with van der Waals surface area (Å²) in [5.74, 6) is -2.62. The molecule has 0 aromatic rings. The first-order chi connectivity index (χ1) is 13.3. The number of carbonyl (C=O) groups excluding carboxylic acids is 3. The first kappa shape index (κ1) is 26.8. The molecule has 0 saturated carbocycles. The molecule has 166 valence electrons. The number of unbranched alkanes of at least 4 members (excludes halogenated alkanes) is 2. The molecule has 3 atom stereocenters. The zero-order chi connectivity index (χ0) is 22.8. The van der Waals surface area contributed by atoms with Gasteiger partial charge in [-0.3, -0.25) is 9.35 Å². The molecular weight excluding hydrogens is 404 g/mol. The summed E-state index contributed by atoms with van der Waals surface area (Å²) >= 11 is 0. The van der Waals surface area contributed by atoms with Crippen LogP contribution >= 0.6 is 0 Å². The van der Waals surface area contributed by atoms with Crippen molar-refractivity contribution < 1.29 is 41.6 Å². The maximum Gasteiger partial charge on any atom is 0.330 e. The summed E-state index contributed by atoms with van der Waals surface area (Å²) in [5.41, 5.74) is -4.02. The molecule has 0 aromatic carbocycles. The Balaban J connectivity index is 6.10. The fourth-order valence-electron chi connectivity index (χ4n) is 2.62. The fourth-order valence-corrected chi connectivity index (χ4v) is 3.87. The van der Waals surface area contributed by atoms with Crippen molar-refractivity contribution in [2.45, 2.75) is 71.0 Å². The number of carbonyl (C=O) groups is 3. The van der Waals surface area contributed by atoms with Crippen LogP contribution in [0.1, 0.15) is 53.4 Å². The van der Waals surface area contributed by atoms with Crippen LogP contribution < -0.4 is 0 Å². The number of hydrogen-bond acceptors (Lipinski definition) is 8. The largest absolute Gasteiger partial charge is 0.459 e. The second-order valence-electron chi connectivity index (χ2n) is 6.73. The summed E-state index contributed by atoms with van der Waals surface area (Å²) in [7, 11) is -5.00. The van der Waals surface area contributed by atoms with Crippen molar-refractivity contribution in [3.63, 3.8) is 0 Å². The normalized spacial score (nSPS) is 16.4. The lowest BCUT2D eigenvalue weighted by atomic mass is 9.80. The Morgan fingerprint density at radius 2 is 1.45 bits per heavy atom. The molecular formula is C19H30O9S. The molecule has 0 rings (SSSR count). The van der Waals surface area contributed by atoms with Crippen molar-refractivity contribution in [2.75, 3.05) is 0 Å². The minimum absolute atomic E-state index is 0.0718. The Hall–Kier alpha value is -2.20. The van der Waals surface area contributed by atoms with Crippen LogP contribution in [0.2, 0.25) is 0 Å². The van der Waals surface area contributed by atoms with Crippen LogP contribution in [-0.4, -0.2) is 48.5 Å². The van der Waals surface area contributed by atoms with Gasteiger partial charge in [0.1, 0.15) is 12.2 Å². The van der Waals surface area contributed by atoms with Gasteiger partial charge in [0.05, 0.1) is 5.41 Å². The highest BCUT2D eigenvalue weighted by Crippen LogP contribution is 2.39. The van der Waals surface area contributed by atoms with Gasteiger partial charge in [-0.2, -0.15) is 8.42 Å². The number of esters is 3. The summed E-state index contributed by atoms with van der Waals surface area (Å²) in [6.07, 6.45) is 1.13. The van der Waals surface area contributed by atoms with Gasteiger partial charge >= 0.3 is 28.0 Å². The van der Waals surface area contributed by atoms with Gasteiger partial charge in [-0.15, -0.1) is 0 Å². The third-order valence-corrected chi connectivity index (χ3v) is 5.82. The van der Waals surface area contributed by atoms with E-state index in [2.05, 4.69) is 13.2 Å². The quantitative estimate of drug-likeness (QED) is 0.153. The van der Waals surface area contributed by atoms with Gasteiger partial charge in [0.25, 0.3) is 0 Å². The van der Waals surface area contributed by atoms with E-state index in [1.165, 1.54) is 20.8 Å². The second kappa shape index (κ2) is 11.7. The van der Waals surface area contributed by atoms with Gasteiger partial charge in [-0.05, 0) is 27.2 Å². The first-order valence-corrected chi connectivity index (χ1v) is 10.7. The Morgan fingerprint density at radius 1 is 1.00 bits per heavy atom. The van der Waals surface area contributed by atoms with Gasteiger partial charge in [-0.25, -0.2) is 9.59 Å². The molecule has 0 spiro atoms. The number of rotatable bonds is 13. The lowest BCUT2D eigenvalue weighted by Crippen LogP contribution is -2.56. The van der Waals surface area contributed by atoms with E-state index in [4.69, 9.17) is 14.2 Å². The summed E-state index contributed by atoms with van der Waals surface area (Å²) < 4.78 is 49.3. The van der Waals surface area contributed by atoms with E-state index in [-0.39, 0.29) is 6.42 Å². The molecule has 0 aliphatic heterocycles. The van der Waals surface area contributed by atoms with Crippen LogP contribution in [-0.2, 0) is 38.7 Å². The first-order valence-electron chi connectivity index (χ1n) is 9.16. The zero-order valence-electron chi connectivity index (χ0n) is 17.3. The van der Waals surface area contributed by atoms with E-state index in [0.717, 1.165) is 25.0 Å². The molecule has 0 bridgehead atoms. The monoisotopic (exact) mass is 434 g/mol. The third-order valence-electron chi connectivity index (χ3n) is 4.67. The molecule has 0 aromatic heterocycles. The SMILES string of the molecule is C=CC(=O)OC(C)C(C)(C(C)OC(=O)C=C)C(OC(=O)CCCCC)S(=O)(=O)O. The summed E-state index contributed by atoms with van der Waals surface area (Å²) in [6.45, 7) is 12.3. The summed E-state index contributed by atoms with van der Waals surface area (Å²) in [6, 6.07) is 0. The highest BCUT2D eigenvalue weighted by atomic mass is 32.2. The molecule has 29 heavy (non-hydrogen) atoms. The van der Waals surface area contributed by atoms with Crippen molar-refractivity contribution in [3.8, 4) is 0 Å². The van der Waals surface area contributed by atoms with E-state index >= 15 is 0 Å². The molecule has 3 unspecified atom stereocenters. The summed E-state index contributed by atoms with van der Waals surface area (Å²) in [5, 5.41) is 0. The lowest BCUT2D eigenvalue weighted by Gasteiger charge is -2.42. The van der Waals surface area contributed by atoms with Crippen LogP contribution in [0.15, 0.2) is 25.3 Å². The van der Waals surface area contributed by atoms with E-state index in [9.17, 15) is 27.4 Å². The predicted molar refractivity (Wildman–Crippen MR) is 105 cm³/mol. The van der Waals surface area contributed by atoms with Crippen LogP contribution in [0, 0.1) is 5.41 Å². The average Bonchev–Trinajstić information content (AvgIpc) is 2.64. The molecule has 0 radical (unpaired) electrons. The molecule has 0 fully saturated rings. The average molecular weight is 435 g/mol.